The molecule has 1 rings (SSSR count). The highest BCUT2D eigenvalue weighted by molar-refractivity contribution is 7.89. The number of rotatable bonds is 3. The van der Waals surface area contributed by atoms with Crippen LogP contribution < -0.4 is 10.9 Å². The first-order chi connectivity index (χ1) is 8.50. The van der Waals surface area contributed by atoms with Crippen LogP contribution in [0.5, 0.6) is 0 Å². The molecule has 0 unspecified atom stereocenters. The van der Waals surface area contributed by atoms with Crippen molar-refractivity contribution in [1.82, 2.24) is 4.98 Å². The maximum absolute atomic E-state index is 12.6. The highest BCUT2D eigenvalue weighted by Gasteiger charge is 2.39. The fourth-order valence-electron chi connectivity index (χ4n) is 1.46. The number of primary sulfonamides is 1. The van der Waals surface area contributed by atoms with Crippen molar-refractivity contribution in [1.29, 1.82) is 0 Å². The van der Waals surface area contributed by atoms with Gasteiger partial charge in [-0.2, -0.15) is 13.2 Å². The SMILES string of the molecule is NCc1c(C(F)F)ncc(C(F)(F)F)c1S(N)(=O)=O. The molecule has 0 aliphatic carbocycles. The summed E-state index contributed by atoms with van der Waals surface area (Å²) in [5.74, 6) is 0. The van der Waals surface area contributed by atoms with Crippen LogP contribution in [0.1, 0.15) is 23.2 Å². The lowest BCUT2D eigenvalue weighted by molar-refractivity contribution is -0.140. The minimum atomic E-state index is -5.11. The van der Waals surface area contributed by atoms with Crippen LogP contribution in [-0.2, 0) is 22.7 Å². The molecule has 0 aliphatic rings. The van der Waals surface area contributed by atoms with E-state index in [1.165, 1.54) is 0 Å². The van der Waals surface area contributed by atoms with E-state index >= 15 is 0 Å². The second-order valence-corrected chi connectivity index (χ2v) is 4.91. The summed E-state index contributed by atoms with van der Waals surface area (Å²) in [4.78, 5) is 1.45. The summed E-state index contributed by atoms with van der Waals surface area (Å²) in [6, 6.07) is 0. The van der Waals surface area contributed by atoms with E-state index in [-0.39, 0.29) is 6.20 Å². The molecule has 0 saturated carbocycles. The van der Waals surface area contributed by atoms with Crippen molar-refractivity contribution in [3.8, 4) is 0 Å². The maximum Gasteiger partial charge on any atom is 0.419 e. The summed E-state index contributed by atoms with van der Waals surface area (Å²) in [6.07, 6.45) is -8.39. The number of nitrogens with two attached hydrogens (primary N) is 2. The first-order valence-corrected chi connectivity index (χ1v) is 6.14. The largest absolute Gasteiger partial charge is 0.419 e. The quantitative estimate of drug-likeness (QED) is 0.818. The van der Waals surface area contributed by atoms with E-state index in [0.717, 1.165) is 0 Å². The lowest BCUT2D eigenvalue weighted by Crippen LogP contribution is -2.24. The zero-order chi connectivity index (χ0) is 15.0. The Morgan fingerprint density at radius 1 is 1.32 bits per heavy atom. The van der Waals surface area contributed by atoms with Gasteiger partial charge in [-0.1, -0.05) is 0 Å². The minimum absolute atomic E-state index is 0.000394. The van der Waals surface area contributed by atoms with E-state index in [2.05, 4.69) is 10.1 Å². The molecule has 0 radical (unpaired) electrons. The number of sulfonamides is 1. The topological polar surface area (TPSA) is 99.1 Å². The zero-order valence-corrected chi connectivity index (χ0v) is 9.89. The van der Waals surface area contributed by atoms with Gasteiger partial charge >= 0.3 is 6.18 Å². The van der Waals surface area contributed by atoms with Gasteiger partial charge in [0.15, 0.2) is 0 Å². The van der Waals surface area contributed by atoms with E-state index in [4.69, 9.17) is 5.73 Å². The average Bonchev–Trinajstić information content (AvgIpc) is 2.24. The smallest absolute Gasteiger partial charge is 0.326 e. The third-order valence-electron chi connectivity index (χ3n) is 2.16. The summed E-state index contributed by atoms with van der Waals surface area (Å²) in [5, 5.41) is 4.64. The summed E-state index contributed by atoms with van der Waals surface area (Å²) >= 11 is 0. The monoisotopic (exact) mass is 305 g/mol. The van der Waals surface area contributed by atoms with E-state index < -0.39 is 50.9 Å². The van der Waals surface area contributed by atoms with Crippen LogP contribution in [0.25, 0.3) is 0 Å². The van der Waals surface area contributed by atoms with Crippen LogP contribution in [-0.4, -0.2) is 13.4 Å². The van der Waals surface area contributed by atoms with Crippen molar-refractivity contribution in [2.75, 3.05) is 0 Å². The number of hydrogen-bond donors (Lipinski definition) is 2. The Bertz CT molecular complexity index is 585. The Morgan fingerprint density at radius 3 is 2.16 bits per heavy atom. The average molecular weight is 305 g/mol. The molecule has 0 aromatic carbocycles. The number of hydrogen-bond acceptors (Lipinski definition) is 4. The van der Waals surface area contributed by atoms with Crippen molar-refractivity contribution >= 4 is 10.0 Å². The first-order valence-electron chi connectivity index (χ1n) is 4.60. The molecule has 0 spiro atoms. The van der Waals surface area contributed by atoms with E-state index in [9.17, 15) is 30.4 Å². The predicted octanol–water partition coefficient (Wildman–Crippen LogP) is 1.14. The fourth-order valence-corrected chi connectivity index (χ4v) is 2.47. The van der Waals surface area contributed by atoms with Crippen molar-refractivity contribution in [3.63, 3.8) is 0 Å². The summed E-state index contributed by atoms with van der Waals surface area (Å²) in [5.41, 5.74) is 1.24. The number of halogens is 5. The molecule has 0 saturated heterocycles. The second-order valence-electron chi connectivity index (χ2n) is 3.41. The molecular weight excluding hydrogens is 297 g/mol. The van der Waals surface area contributed by atoms with Gasteiger partial charge < -0.3 is 5.73 Å². The highest BCUT2D eigenvalue weighted by Crippen LogP contribution is 2.37. The predicted molar refractivity (Wildman–Crippen MR) is 53.5 cm³/mol. The van der Waals surface area contributed by atoms with Crippen LogP contribution in [0.2, 0.25) is 0 Å². The summed E-state index contributed by atoms with van der Waals surface area (Å²) in [7, 11) is -4.89. The molecule has 0 aliphatic heterocycles. The molecule has 0 atom stereocenters. The molecule has 19 heavy (non-hydrogen) atoms. The second kappa shape index (κ2) is 4.98. The number of nitrogens with zero attached hydrogens (tertiary/aromatic N) is 1. The number of pyridine rings is 1. The Kier molecular flexibility index (Phi) is 4.12. The van der Waals surface area contributed by atoms with Gasteiger partial charge in [-0.15, -0.1) is 0 Å². The van der Waals surface area contributed by atoms with Gasteiger partial charge in [-0.3, -0.25) is 4.98 Å². The van der Waals surface area contributed by atoms with E-state index in [1.54, 1.807) is 0 Å². The van der Waals surface area contributed by atoms with Gasteiger partial charge in [0.05, 0.1) is 5.56 Å². The Hall–Kier alpha value is -1.33. The van der Waals surface area contributed by atoms with Crippen LogP contribution in [0.15, 0.2) is 11.1 Å². The number of aromatic nitrogens is 1. The van der Waals surface area contributed by atoms with Crippen molar-refractivity contribution in [2.45, 2.75) is 24.0 Å². The molecule has 108 valence electrons. The Labute approximate surface area is 104 Å². The van der Waals surface area contributed by atoms with Crippen molar-refractivity contribution < 1.29 is 30.4 Å². The molecule has 11 heteroatoms. The molecule has 0 fully saturated rings. The maximum atomic E-state index is 12.6. The molecule has 1 aromatic rings. The standard InChI is InChI=1S/C8H8F5N3O2S/c9-7(10)5-3(1-14)6(19(15,17)18)4(2-16-5)8(11,12)13/h2,7H,1,14H2,(H2,15,17,18). The van der Waals surface area contributed by atoms with Gasteiger partial charge in [0.1, 0.15) is 10.6 Å². The third-order valence-corrected chi connectivity index (χ3v) is 3.20. The van der Waals surface area contributed by atoms with Crippen LogP contribution in [0, 0.1) is 0 Å². The third kappa shape index (κ3) is 3.16. The molecule has 0 amide bonds. The molecule has 1 aromatic heterocycles. The number of alkyl halides is 5. The fraction of sp³-hybridized carbons (Fsp3) is 0.375. The molecular formula is C8H8F5N3O2S. The Morgan fingerprint density at radius 2 is 1.84 bits per heavy atom. The molecule has 0 bridgehead atoms. The van der Waals surface area contributed by atoms with Crippen LogP contribution in [0.4, 0.5) is 22.0 Å². The van der Waals surface area contributed by atoms with E-state index in [0.29, 0.717) is 0 Å². The van der Waals surface area contributed by atoms with Gasteiger partial charge in [0, 0.05) is 18.3 Å². The van der Waals surface area contributed by atoms with Crippen molar-refractivity contribution in [3.05, 3.63) is 23.0 Å². The van der Waals surface area contributed by atoms with E-state index in [1.807, 2.05) is 0 Å². The van der Waals surface area contributed by atoms with Gasteiger partial charge in [0.2, 0.25) is 10.0 Å². The normalized spacial score (nSPS) is 13.1. The summed E-state index contributed by atoms with van der Waals surface area (Å²) in [6.45, 7) is -0.873. The summed E-state index contributed by atoms with van der Waals surface area (Å²) < 4.78 is 85.5. The van der Waals surface area contributed by atoms with Gasteiger partial charge in [0.25, 0.3) is 6.43 Å². The molecule has 1 heterocycles. The molecule has 4 N–H and O–H groups in total. The van der Waals surface area contributed by atoms with Gasteiger partial charge in [-0.05, 0) is 0 Å². The zero-order valence-electron chi connectivity index (χ0n) is 9.08. The van der Waals surface area contributed by atoms with Gasteiger partial charge in [-0.25, -0.2) is 22.3 Å². The Balaban J connectivity index is 3.82. The first kappa shape index (κ1) is 15.7. The lowest BCUT2D eigenvalue weighted by atomic mass is 10.1. The highest BCUT2D eigenvalue weighted by atomic mass is 32.2. The van der Waals surface area contributed by atoms with Crippen LogP contribution >= 0.6 is 0 Å². The van der Waals surface area contributed by atoms with Crippen LogP contribution in [0.3, 0.4) is 0 Å². The molecule has 5 nitrogen and oxygen atoms in total. The van der Waals surface area contributed by atoms with Crippen molar-refractivity contribution in [2.24, 2.45) is 10.9 Å². The minimum Gasteiger partial charge on any atom is -0.326 e. The lowest BCUT2D eigenvalue weighted by Gasteiger charge is -2.16.